The number of nitrogens with one attached hydrogen (secondary N) is 12. The molecule has 3 heterocycles. The summed E-state index contributed by atoms with van der Waals surface area (Å²) in [5, 5.41) is 31.9. The molecule has 3 aliphatic heterocycles. The Bertz CT molecular complexity index is 5300. The van der Waals surface area contributed by atoms with Crippen LogP contribution in [0.2, 0.25) is 0 Å². The van der Waals surface area contributed by atoms with E-state index in [4.69, 9.17) is 0 Å². The number of carbonyl (C=O) groups is 15. The van der Waals surface area contributed by atoms with E-state index >= 15 is 0 Å². The SMILES string of the molecule is CCC[C@H](NC(=O)[C@@H]1[C@@H]2[C@H](CN1C(=O)[C@@H](NC(=O)NC1([C@@H](C)S(=O)(=O)N(C)C)CCCCC1)C(C)(C)C)C2(C)C)C(=O)C(=O)NC1CC1.C[C@H](C1(NC(=O)N[C@H](C(=O)N2C[C@H]3[C@@H]([C@H]2C(=O)N[C@@H](CC2CC2)C(=O)C(=O)NC2CC2)C3(C)C)C(C)(C)C)CCCCC1)S(=O)(=O)N(C)C.C[C@H](C1(NC(=O)N[C@H](C(=O)N2C[C@H]3[C@@H]([C@H]2C(=O)N[C@@H](CCC2CC2)C(=O)C(=O)NC2CC2)C3(C)C)C(C)(C)C)CCCCC1)S(=O)(=O)N(C)C. The van der Waals surface area contributed by atoms with E-state index in [-0.39, 0.29) is 82.2 Å². The molecule has 3 saturated heterocycles. The van der Waals surface area contributed by atoms with Gasteiger partial charge in [0.25, 0.3) is 17.7 Å². The molecule has 15 amide bonds. The third-order valence-electron chi connectivity index (χ3n) is 35.7. The number of nitrogens with zero attached hydrogens (tertiary/aromatic N) is 6. The maximum atomic E-state index is 14.5. The smallest absolute Gasteiger partial charge is 0.315 e. The highest BCUT2D eigenvalue weighted by Gasteiger charge is 2.73. The number of hydrogen-bond acceptors (Lipinski definition) is 21. The summed E-state index contributed by atoms with van der Waals surface area (Å²) in [5.74, 6) is -6.11. The van der Waals surface area contributed by atoms with E-state index in [2.05, 4.69) is 105 Å². The van der Waals surface area contributed by atoms with Gasteiger partial charge in [0.15, 0.2) is 0 Å². The molecule has 0 radical (unpaired) electrons. The van der Waals surface area contributed by atoms with Crippen LogP contribution in [0.4, 0.5) is 14.4 Å². The number of likely N-dealkylation sites (tertiary alicyclic amines) is 3. The number of hydrogen-bond donors (Lipinski definition) is 12. The van der Waals surface area contributed by atoms with Gasteiger partial charge >= 0.3 is 18.1 Å². The lowest BCUT2D eigenvalue weighted by Crippen LogP contribution is -2.65. The van der Waals surface area contributed by atoms with Crippen LogP contribution in [0.25, 0.3) is 0 Å². The van der Waals surface area contributed by atoms with Crippen molar-refractivity contribution in [1.82, 2.24) is 91.4 Å². The van der Waals surface area contributed by atoms with Crippen LogP contribution >= 0.6 is 0 Å². The van der Waals surface area contributed by atoms with Gasteiger partial charge in [0.2, 0.25) is 82.9 Å². The van der Waals surface area contributed by atoms with Crippen molar-refractivity contribution in [2.75, 3.05) is 61.9 Å². The van der Waals surface area contributed by atoms with Gasteiger partial charge in [-0.25, -0.2) is 52.6 Å². The van der Waals surface area contributed by atoms with Crippen molar-refractivity contribution in [2.24, 2.45) is 79.8 Å². The highest BCUT2D eigenvalue weighted by molar-refractivity contribution is 7.90. The van der Waals surface area contributed by atoms with E-state index < -0.39 is 222 Å². The van der Waals surface area contributed by atoms with Crippen molar-refractivity contribution in [2.45, 2.75) is 429 Å². The standard InChI is InChI=1S/C36H60N6O7S.C35H58N6O7S.C34H58N6O7S/c1-21(50(48,49)41(7)8)36(18-10-9-11-19-36)40-33(47)39-29(34(2,3)4)32(46)42-20-24-26(35(24,5)6)27(42)30(44)38-25(17-14-22-12-13-22)28(43)31(45)37-23-15-16-23;1-20(49(47,48)40(7)8)35(16-10-9-11-17-35)39-32(46)38-28(33(2,3)4)31(45)41-19-23-25(34(23,5)6)26(41)29(43)37-24(18-21-12-13-21)27(42)30(44)36-22-14-15-22;1-10-14-23(26(41)29(43)35-21-15-16-21)36-28(42)25-24-22(33(24,6)7)19-40(25)30(44)27(32(3,4)5)37-31(45)38-34(17-12-11-13-18-34)20(2)48(46,47)39(8)9/h21-27,29H,9-20H2,1-8H3,(H,37,45)(H,38,44)(H2,39,40,47);20-26,28H,9-19H2,1-8H3,(H,36,44)(H,37,43)(H2,38,39,46);20-25,27H,10-19H2,1-9H3,(H,35,43)(H,36,42)(H2,37,38,45)/t21-,24+,25+,26+,27+,29-;20-,23+,24+,25+,26+,28-;20-,22+,23+,24+,25+,27-/m111/s1. The second kappa shape index (κ2) is 44.5. The van der Waals surface area contributed by atoms with Crippen LogP contribution in [0.5, 0.6) is 0 Å². The largest absolute Gasteiger partial charge is 0.347 e. The summed E-state index contributed by atoms with van der Waals surface area (Å²) in [6.07, 6.45) is 21.8. The summed E-state index contributed by atoms with van der Waals surface area (Å²) in [6.45, 7) is 36.7. The summed E-state index contributed by atoms with van der Waals surface area (Å²) in [5.41, 5.74) is -5.89. The first kappa shape index (κ1) is 117. The van der Waals surface area contributed by atoms with Gasteiger partial charge in [-0.15, -0.1) is 0 Å². The molecule has 14 fully saturated rings. The predicted octanol–water partition coefficient (Wildman–Crippen LogP) is 7.29. The topological polar surface area (TPSA) is 522 Å². The minimum absolute atomic E-state index is 0.00279. The first-order valence-electron chi connectivity index (χ1n) is 54.5. The normalized spacial score (nSPS) is 27.2. The van der Waals surface area contributed by atoms with Crippen molar-refractivity contribution in [3.8, 4) is 0 Å². The third kappa shape index (κ3) is 26.5. The molecule has 18 atom stereocenters. The second-order valence-corrected chi connectivity index (χ2v) is 58.8. The molecule has 12 N–H and O–H groups in total. The molecule has 0 aromatic rings. The van der Waals surface area contributed by atoms with Crippen molar-refractivity contribution < 1.29 is 97.2 Å². The lowest BCUT2D eigenvalue weighted by molar-refractivity contribution is -0.145. The number of carbonyl (C=O) groups excluding carboxylic acids is 15. The Kier molecular flexibility index (Phi) is 35.5. The van der Waals surface area contributed by atoms with Crippen LogP contribution in [0.3, 0.4) is 0 Å². The maximum Gasteiger partial charge on any atom is 0.315 e. The van der Waals surface area contributed by atoms with Crippen molar-refractivity contribution in [3.63, 3.8) is 0 Å². The van der Waals surface area contributed by atoms with E-state index in [1.165, 1.54) is 60.1 Å². The zero-order valence-corrected chi connectivity index (χ0v) is 94.5. The maximum absolute atomic E-state index is 14.5. The molecular formula is C105H176N18O21S3. The lowest BCUT2D eigenvalue weighted by atomic mass is 9.79. The Morgan fingerprint density at radius 1 is 0.340 bits per heavy atom. The van der Waals surface area contributed by atoms with Crippen LogP contribution in [-0.2, 0) is 87.6 Å². The van der Waals surface area contributed by atoms with Crippen LogP contribution in [0, 0.1) is 79.8 Å². The number of sulfonamides is 3. The van der Waals surface area contributed by atoms with Crippen molar-refractivity contribution in [1.29, 1.82) is 0 Å². The third-order valence-corrected chi connectivity index (χ3v) is 42.8. The van der Waals surface area contributed by atoms with Crippen molar-refractivity contribution in [3.05, 3.63) is 0 Å². The Balaban J connectivity index is 0.000000196. The van der Waals surface area contributed by atoms with Gasteiger partial charge in [-0.2, -0.15) is 0 Å². The van der Waals surface area contributed by atoms with Crippen LogP contribution in [-0.4, -0.2) is 308 Å². The number of urea groups is 3. The molecule has 0 spiro atoms. The van der Waals surface area contributed by atoms with Gasteiger partial charge in [-0.3, -0.25) is 57.5 Å². The highest BCUT2D eigenvalue weighted by atomic mass is 32.2. The van der Waals surface area contributed by atoms with Crippen LogP contribution < -0.4 is 63.8 Å². The minimum Gasteiger partial charge on any atom is -0.347 e. The average molecular weight is 2120 g/mol. The number of amides is 15. The van der Waals surface area contributed by atoms with Gasteiger partial charge in [0, 0.05) is 80.0 Å². The fourth-order valence-electron chi connectivity index (χ4n) is 24.6. The summed E-state index contributed by atoms with van der Waals surface area (Å²) in [4.78, 5) is 210. The number of Topliss-reactive ketones (excluding diaryl/α,β-unsaturated/α-hetero) is 3. The van der Waals surface area contributed by atoms with Gasteiger partial charge in [0.05, 0.1) is 50.5 Å². The molecule has 830 valence electrons. The monoisotopic (exact) mass is 2120 g/mol. The molecule has 0 aromatic heterocycles. The Morgan fingerprint density at radius 2 is 0.585 bits per heavy atom. The molecule has 0 aromatic carbocycles. The van der Waals surface area contributed by atoms with Crippen LogP contribution in [0.1, 0.15) is 324 Å². The molecule has 0 unspecified atom stereocenters. The average Bonchev–Trinajstić information content (AvgIpc) is 1.53. The fourth-order valence-corrected chi connectivity index (χ4v) is 29.1. The van der Waals surface area contributed by atoms with Gasteiger partial charge in [0.1, 0.15) is 36.3 Å². The lowest BCUT2D eigenvalue weighted by Gasteiger charge is -2.44. The van der Waals surface area contributed by atoms with E-state index in [9.17, 15) is 97.2 Å². The Labute approximate surface area is 872 Å². The Morgan fingerprint density at radius 3 is 0.816 bits per heavy atom. The molecule has 39 nitrogen and oxygen atoms in total. The molecule has 11 saturated carbocycles. The first-order chi connectivity index (χ1) is 68.1. The summed E-state index contributed by atoms with van der Waals surface area (Å²) in [6, 6.07) is -10.5. The summed E-state index contributed by atoms with van der Waals surface area (Å²) in [7, 11) is -2.21. The van der Waals surface area contributed by atoms with Gasteiger partial charge < -0.3 is 78.5 Å². The molecule has 0 bridgehead atoms. The number of fused-ring (bicyclic) bond motifs is 3. The molecule has 11 aliphatic carbocycles. The van der Waals surface area contributed by atoms with E-state index in [0.29, 0.717) is 83.3 Å². The first-order valence-corrected chi connectivity index (χ1v) is 59.0. The molecular weight excluding hydrogens is 1950 g/mol. The van der Waals surface area contributed by atoms with E-state index in [1.807, 2.05) is 69.2 Å². The minimum atomic E-state index is -3.70. The summed E-state index contributed by atoms with van der Waals surface area (Å²) < 4.78 is 83.0. The van der Waals surface area contributed by atoms with Crippen molar-refractivity contribution >= 4 is 119 Å². The van der Waals surface area contributed by atoms with Gasteiger partial charge in [-0.1, -0.05) is 201 Å². The molecule has 14 rings (SSSR count). The molecule has 42 heteroatoms. The molecule has 147 heavy (non-hydrogen) atoms. The highest BCUT2D eigenvalue weighted by Crippen LogP contribution is 2.67. The zero-order valence-electron chi connectivity index (χ0n) is 92.1. The van der Waals surface area contributed by atoms with Gasteiger partial charge in [-0.05, 0) is 203 Å². The number of piperidine rings is 3. The van der Waals surface area contributed by atoms with E-state index in [0.717, 1.165) is 128 Å². The number of rotatable bonds is 40. The summed E-state index contributed by atoms with van der Waals surface area (Å²) >= 11 is 0. The fraction of sp³-hybridized carbons (Fsp3) is 0.857. The Hall–Kier alpha value is -8.22. The van der Waals surface area contributed by atoms with E-state index in [1.54, 1.807) is 30.6 Å². The second-order valence-electron chi connectivity index (χ2n) is 51.4. The zero-order chi connectivity index (χ0) is 109. The van der Waals surface area contributed by atoms with Crippen LogP contribution in [0.15, 0.2) is 0 Å². The predicted molar refractivity (Wildman–Crippen MR) is 556 cm³/mol. The number of ketones is 3. The molecule has 14 aliphatic rings. The quantitative estimate of drug-likeness (QED) is 0.0268.